The third kappa shape index (κ3) is 3.46. The number of halogens is 1. The van der Waals surface area contributed by atoms with Crippen LogP contribution in [0.1, 0.15) is 26.2 Å². The molecule has 1 saturated heterocycles. The molecule has 1 fully saturated rings. The van der Waals surface area contributed by atoms with Crippen molar-refractivity contribution >= 4 is 17.5 Å². The van der Waals surface area contributed by atoms with E-state index in [4.69, 9.17) is 16.3 Å². The molecule has 0 aliphatic carbocycles. The lowest BCUT2D eigenvalue weighted by Gasteiger charge is -2.23. The molecular formula is C10H18ClNO2. The molecular weight excluding hydrogens is 202 g/mol. The largest absolute Gasteiger partial charge is 0.381 e. The molecule has 82 valence electrons. The summed E-state index contributed by atoms with van der Waals surface area (Å²) >= 11 is 5.70. The van der Waals surface area contributed by atoms with Crippen LogP contribution in [-0.2, 0) is 9.53 Å². The molecule has 1 aliphatic rings. The van der Waals surface area contributed by atoms with Crippen molar-refractivity contribution in [3.63, 3.8) is 0 Å². The van der Waals surface area contributed by atoms with Gasteiger partial charge in [-0.05, 0) is 19.3 Å². The first-order valence-corrected chi connectivity index (χ1v) is 5.75. The van der Waals surface area contributed by atoms with E-state index in [9.17, 15) is 4.79 Å². The van der Waals surface area contributed by atoms with Gasteiger partial charge in [-0.25, -0.2) is 0 Å². The van der Waals surface area contributed by atoms with E-state index in [0.717, 1.165) is 25.9 Å². The van der Waals surface area contributed by atoms with Crippen LogP contribution in [0.25, 0.3) is 0 Å². The van der Waals surface area contributed by atoms with Crippen molar-refractivity contribution < 1.29 is 9.53 Å². The second-order valence-corrected chi connectivity index (χ2v) is 3.99. The van der Waals surface area contributed by atoms with Gasteiger partial charge in [0.2, 0.25) is 5.91 Å². The van der Waals surface area contributed by atoms with E-state index in [2.05, 4.69) is 5.32 Å². The average Bonchev–Trinajstić information content (AvgIpc) is 2.26. The van der Waals surface area contributed by atoms with Crippen molar-refractivity contribution in [2.24, 2.45) is 5.92 Å². The highest BCUT2D eigenvalue weighted by molar-refractivity contribution is 6.18. The maximum Gasteiger partial charge on any atom is 0.225 e. The molecule has 0 spiro atoms. The van der Waals surface area contributed by atoms with Crippen LogP contribution in [0, 0.1) is 5.92 Å². The molecule has 0 aromatic carbocycles. The Bertz CT molecular complexity index is 177. The van der Waals surface area contributed by atoms with Crippen molar-refractivity contribution in [3.8, 4) is 0 Å². The number of carbonyl (C=O) groups is 1. The summed E-state index contributed by atoms with van der Waals surface area (Å²) in [6, 6.07) is 0.103. The Labute approximate surface area is 90.1 Å². The molecule has 0 bridgehead atoms. The summed E-state index contributed by atoms with van der Waals surface area (Å²) in [6.45, 7) is 3.37. The topological polar surface area (TPSA) is 38.3 Å². The minimum absolute atomic E-state index is 0.0287. The predicted molar refractivity (Wildman–Crippen MR) is 56.5 cm³/mol. The third-order valence-electron chi connectivity index (χ3n) is 2.56. The number of rotatable bonds is 4. The molecule has 1 amide bonds. The minimum Gasteiger partial charge on any atom is -0.381 e. The molecule has 14 heavy (non-hydrogen) atoms. The Hall–Kier alpha value is -0.280. The minimum atomic E-state index is 0.0287. The number of nitrogens with one attached hydrogen (secondary N) is 1. The second-order valence-electron chi connectivity index (χ2n) is 3.68. The van der Waals surface area contributed by atoms with Crippen LogP contribution in [0.5, 0.6) is 0 Å². The first kappa shape index (κ1) is 11.8. The number of alkyl halides is 1. The van der Waals surface area contributed by atoms with E-state index in [1.54, 1.807) is 0 Å². The lowest BCUT2D eigenvalue weighted by molar-refractivity contribution is -0.129. The maximum atomic E-state index is 11.7. The first-order valence-electron chi connectivity index (χ1n) is 5.22. The Kier molecular flexibility index (Phi) is 5.26. The summed E-state index contributed by atoms with van der Waals surface area (Å²) in [6.07, 6.45) is 2.79. The first-order chi connectivity index (χ1) is 6.77. The Morgan fingerprint density at radius 3 is 3.00 bits per heavy atom. The highest BCUT2D eigenvalue weighted by atomic mass is 35.5. The van der Waals surface area contributed by atoms with E-state index >= 15 is 0 Å². The van der Waals surface area contributed by atoms with Crippen LogP contribution < -0.4 is 5.32 Å². The summed E-state index contributed by atoms with van der Waals surface area (Å²) < 4.78 is 5.26. The Balaban J connectivity index is 2.32. The lowest BCUT2D eigenvalue weighted by Crippen LogP contribution is -2.42. The van der Waals surface area contributed by atoms with Crippen LogP contribution in [0.15, 0.2) is 0 Å². The fourth-order valence-electron chi connectivity index (χ4n) is 1.52. The lowest BCUT2D eigenvalue weighted by atomic mass is 10.0. The monoisotopic (exact) mass is 219 g/mol. The van der Waals surface area contributed by atoms with Gasteiger partial charge in [-0.15, -0.1) is 11.6 Å². The summed E-state index contributed by atoms with van der Waals surface area (Å²) in [7, 11) is 0. The zero-order chi connectivity index (χ0) is 10.4. The van der Waals surface area contributed by atoms with Gasteiger partial charge in [0.05, 0.1) is 12.5 Å². The molecule has 1 rings (SSSR count). The van der Waals surface area contributed by atoms with Gasteiger partial charge in [0.25, 0.3) is 0 Å². The van der Waals surface area contributed by atoms with Crippen molar-refractivity contribution in [2.45, 2.75) is 32.2 Å². The number of amides is 1. The van der Waals surface area contributed by atoms with Crippen LogP contribution in [0.4, 0.5) is 0 Å². The average molecular weight is 220 g/mol. The predicted octanol–water partition coefficient (Wildman–Crippen LogP) is 1.55. The second kappa shape index (κ2) is 6.25. The number of ether oxygens (including phenoxy) is 1. The van der Waals surface area contributed by atoms with Gasteiger partial charge in [0, 0.05) is 18.5 Å². The fraction of sp³-hybridized carbons (Fsp3) is 0.900. The van der Waals surface area contributed by atoms with Crippen LogP contribution in [-0.4, -0.2) is 31.0 Å². The smallest absolute Gasteiger partial charge is 0.225 e. The third-order valence-corrected chi connectivity index (χ3v) is 2.93. The van der Waals surface area contributed by atoms with Crippen LogP contribution >= 0.6 is 11.6 Å². The van der Waals surface area contributed by atoms with E-state index < -0.39 is 0 Å². The highest BCUT2D eigenvalue weighted by Gasteiger charge is 2.22. The van der Waals surface area contributed by atoms with Gasteiger partial charge in [0.1, 0.15) is 0 Å². The molecule has 0 aromatic heterocycles. The molecule has 3 nitrogen and oxygen atoms in total. The molecule has 2 unspecified atom stereocenters. The summed E-state index contributed by atoms with van der Waals surface area (Å²) in [4.78, 5) is 11.7. The molecule has 1 aliphatic heterocycles. The quantitative estimate of drug-likeness (QED) is 0.729. The summed E-state index contributed by atoms with van der Waals surface area (Å²) in [5.74, 6) is 0.605. The van der Waals surface area contributed by atoms with Gasteiger partial charge >= 0.3 is 0 Å². The van der Waals surface area contributed by atoms with Crippen molar-refractivity contribution in [2.75, 3.05) is 19.1 Å². The molecule has 0 aromatic rings. The number of hydrogen-bond acceptors (Lipinski definition) is 2. The Morgan fingerprint density at radius 2 is 2.50 bits per heavy atom. The SMILES string of the molecule is CCC(CCl)NC(=O)C1CCCOC1. The van der Waals surface area contributed by atoms with Crippen LogP contribution in [0.3, 0.4) is 0 Å². The zero-order valence-electron chi connectivity index (χ0n) is 8.59. The molecule has 0 radical (unpaired) electrons. The standard InChI is InChI=1S/C10H18ClNO2/c1-2-9(6-11)12-10(13)8-4-3-5-14-7-8/h8-9H,2-7H2,1H3,(H,12,13). The van der Waals surface area contributed by atoms with Crippen LogP contribution in [0.2, 0.25) is 0 Å². The molecule has 2 atom stereocenters. The van der Waals surface area contributed by atoms with E-state index in [1.807, 2.05) is 6.92 Å². The molecule has 1 heterocycles. The van der Waals surface area contributed by atoms with E-state index in [0.29, 0.717) is 12.5 Å². The zero-order valence-corrected chi connectivity index (χ0v) is 9.35. The number of carbonyl (C=O) groups excluding carboxylic acids is 1. The van der Waals surface area contributed by atoms with Gasteiger partial charge in [0.15, 0.2) is 0 Å². The molecule has 0 saturated carbocycles. The van der Waals surface area contributed by atoms with Gasteiger partial charge < -0.3 is 10.1 Å². The summed E-state index contributed by atoms with van der Waals surface area (Å²) in [5.41, 5.74) is 0. The Morgan fingerprint density at radius 1 is 1.71 bits per heavy atom. The van der Waals surface area contributed by atoms with Gasteiger partial charge in [-0.3, -0.25) is 4.79 Å². The van der Waals surface area contributed by atoms with Crippen molar-refractivity contribution in [3.05, 3.63) is 0 Å². The van der Waals surface area contributed by atoms with Crippen molar-refractivity contribution in [1.29, 1.82) is 0 Å². The van der Waals surface area contributed by atoms with Crippen molar-refractivity contribution in [1.82, 2.24) is 5.32 Å². The fourth-order valence-corrected chi connectivity index (χ4v) is 1.81. The van der Waals surface area contributed by atoms with Gasteiger partial charge in [-0.1, -0.05) is 6.92 Å². The highest BCUT2D eigenvalue weighted by Crippen LogP contribution is 2.13. The van der Waals surface area contributed by atoms with E-state index in [1.165, 1.54) is 0 Å². The van der Waals surface area contributed by atoms with Gasteiger partial charge in [-0.2, -0.15) is 0 Å². The maximum absolute atomic E-state index is 11.7. The summed E-state index contributed by atoms with van der Waals surface area (Å²) in [5, 5.41) is 2.94. The molecule has 1 N–H and O–H groups in total. The normalized spacial score (nSPS) is 24.3. The molecule has 4 heteroatoms. The number of hydrogen-bond donors (Lipinski definition) is 1. The van der Waals surface area contributed by atoms with E-state index in [-0.39, 0.29) is 17.9 Å².